The molecule has 2 aromatic rings. The summed E-state index contributed by atoms with van der Waals surface area (Å²) in [5.74, 6) is 2.14. The Labute approximate surface area is 177 Å². The smallest absolute Gasteiger partial charge is 0.251 e. The van der Waals surface area contributed by atoms with Gasteiger partial charge < -0.3 is 30.3 Å². The summed E-state index contributed by atoms with van der Waals surface area (Å²) in [6.45, 7) is 2.84. The minimum Gasteiger partial charge on any atom is -0.454 e. The molecule has 0 atom stereocenters. The number of rotatable bonds is 8. The van der Waals surface area contributed by atoms with Crippen molar-refractivity contribution >= 4 is 11.9 Å². The molecule has 0 fully saturated rings. The molecule has 1 aliphatic rings. The van der Waals surface area contributed by atoms with Crippen LogP contribution in [-0.2, 0) is 13.1 Å². The van der Waals surface area contributed by atoms with Gasteiger partial charge in [0.25, 0.3) is 5.91 Å². The normalized spacial score (nSPS) is 12.7. The zero-order valence-corrected chi connectivity index (χ0v) is 17.7. The van der Waals surface area contributed by atoms with Crippen LogP contribution < -0.4 is 25.4 Å². The fraction of sp³-hybridized carbons (Fsp3) is 0.364. The number of fused-ring (bicyclic) bond motifs is 1. The first-order valence-corrected chi connectivity index (χ1v) is 9.90. The van der Waals surface area contributed by atoms with Crippen molar-refractivity contribution in [2.24, 2.45) is 4.99 Å². The first kappa shape index (κ1) is 21.4. The minimum absolute atomic E-state index is 0.0657. The maximum atomic E-state index is 12.3. The van der Waals surface area contributed by atoms with Gasteiger partial charge in [0.05, 0.1) is 0 Å². The number of hydrogen-bond donors (Lipinski definition) is 3. The largest absolute Gasteiger partial charge is 0.454 e. The van der Waals surface area contributed by atoms with E-state index in [1.165, 1.54) is 0 Å². The zero-order chi connectivity index (χ0) is 21.3. The van der Waals surface area contributed by atoms with Crippen LogP contribution in [0.25, 0.3) is 0 Å². The number of benzene rings is 2. The summed E-state index contributed by atoms with van der Waals surface area (Å²) in [7, 11) is 5.68. The molecular weight excluding hydrogens is 382 g/mol. The standard InChI is InChI=1S/C22H29N5O3/c1-23-22(26-14-17-7-8-19-20(12-17)30-15-29-19)25-13-16-5-4-6-18(11-16)21(28)24-9-10-27(2)3/h4-8,11-12H,9-10,13-15H2,1-3H3,(H,24,28)(H2,23,25,26). The molecule has 2 aromatic carbocycles. The Hall–Kier alpha value is -3.26. The maximum Gasteiger partial charge on any atom is 0.251 e. The van der Waals surface area contributed by atoms with Gasteiger partial charge in [-0.3, -0.25) is 9.79 Å². The molecule has 3 rings (SSSR count). The quantitative estimate of drug-likeness (QED) is 0.452. The molecule has 0 spiro atoms. The number of nitrogens with one attached hydrogen (secondary N) is 3. The SMILES string of the molecule is CN=C(NCc1cccc(C(=O)NCCN(C)C)c1)NCc1ccc2c(c1)OCO2. The van der Waals surface area contributed by atoms with Gasteiger partial charge in [0.2, 0.25) is 6.79 Å². The lowest BCUT2D eigenvalue weighted by Gasteiger charge is -2.13. The Morgan fingerprint density at radius 3 is 2.47 bits per heavy atom. The Morgan fingerprint density at radius 1 is 1.00 bits per heavy atom. The fourth-order valence-corrected chi connectivity index (χ4v) is 2.96. The van der Waals surface area contributed by atoms with Gasteiger partial charge in [-0.05, 0) is 49.5 Å². The summed E-state index contributed by atoms with van der Waals surface area (Å²) in [5.41, 5.74) is 2.72. The van der Waals surface area contributed by atoms with Crippen LogP contribution in [0.2, 0.25) is 0 Å². The highest BCUT2D eigenvalue weighted by molar-refractivity contribution is 5.94. The average Bonchev–Trinajstić information content (AvgIpc) is 3.21. The molecule has 160 valence electrons. The van der Waals surface area contributed by atoms with Crippen molar-refractivity contribution in [3.63, 3.8) is 0 Å². The molecule has 3 N–H and O–H groups in total. The van der Waals surface area contributed by atoms with Crippen LogP contribution in [-0.4, -0.2) is 57.8 Å². The van der Waals surface area contributed by atoms with Crippen LogP contribution in [0.4, 0.5) is 0 Å². The number of hydrogen-bond acceptors (Lipinski definition) is 5. The predicted molar refractivity (Wildman–Crippen MR) is 117 cm³/mol. The molecule has 0 aromatic heterocycles. The fourth-order valence-electron chi connectivity index (χ4n) is 2.96. The summed E-state index contributed by atoms with van der Waals surface area (Å²) < 4.78 is 10.8. The van der Waals surface area contributed by atoms with Gasteiger partial charge in [-0.25, -0.2) is 0 Å². The summed E-state index contributed by atoms with van der Waals surface area (Å²) in [5, 5.41) is 9.49. The minimum atomic E-state index is -0.0657. The lowest BCUT2D eigenvalue weighted by Crippen LogP contribution is -2.36. The molecule has 0 aliphatic carbocycles. The molecule has 1 heterocycles. The Kier molecular flexibility index (Phi) is 7.51. The molecule has 30 heavy (non-hydrogen) atoms. The Balaban J connectivity index is 1.49. The second-order valence-electron chi connectivity index (χ2n) is 7.23. The van der Waals surface area contributed by atoms with Crippen molar-refractivity contribution in [2.75, 3.05) is 41.0 Å². The van der Waals surface area contributed by atoms with Crippen LogP contribution in [0.1, 0.15) is 21.5 Å². The number of likely N-dealkylation sites (N-methyl/N-ethyl adjacent to an activating group) is 1. The number of carbonyl (C=O) groups is 1. The number of ether oxygens (including phenoxy) is 2. The number of nitrogens with zero attached hydrogens (tertiary/aromatic N) is 2. The third-order valence-electron chi connectivity index (χ3n) is 4.61. The van der Waals surface area contributed by atoms with Crippen molar-refractivity contribution in [3.05, 3.63) is 59.2 Å². The van der Waals surface area contributed by atoms with Crippen molar-refractivity contribution in [1.82, 2.24) is 20.9 Å². The molecule has 0 saturated carbocycles. The van der Waals surface area contributed by atoms with E-state index in [1.807, 2.05) is 61.5 Å². The van der Waals surface area contributed by atoms with Crippen LogP contribution in [0, 0.1) is 0 Å². The topological polar surface area (TPSA) is 87.2 Å². The molecule has 0 saturated heterocycles. The third-order valence-corrected chi connectivity index (χ3v) is 4.61. The predicted octanol–water partition coefficient (Wildman–Crippen LogP) is 1.57. The highest BCUT2D eigenvalue weighted by atomic mass is 16.7. The molecule has 1 amide bonds. The van der Waals surface area contributed by atoms with E-state index in [0.717, 1.165) is 29.2 Å². The van der Waals surface area contributed by atoms with Gasteiger partial charge in [0.1, 0.15) is 0 Å². The summed E-state index contributed by atoms with van der Waals surface area (Å²) in [6, 6.07) is 13.4. The molecule has 8 nitrogen and oxygen atoms in total. The van der Waals surface area contributed by atoms with Gasteiger partial charge >= 0.3 is 0 Å². The summed E-state index contributed by atoms with van der Waals surface area (Å²) in [4.78, 5) is 18.6. The van der Waals surface area contributed by atoms with Gasteiger partial charge in [-0.2, -0.15) is 0 Å². The summed E-state index contributed by atoms with van der Waals surface area (Å²) in [6.07, 6.45) is 0. The molecule has 8 heteroatoms. The van der Waals surface area contributed by atoms with E-state index < -0.39 is 0 Å². The van der Waals surface area contributed by atoms with Gasteiger partial charge in [0, 0.05) is 38.8 Å². The molecule has 0 bridgehead atoms. The second kappa shape index (κ2) is 10.5. The molecular formula is C22H29N5O3. The van der Waals surface area contributed by atoms with Gasteiger partial charge in [-0.15, -0.1) is 0 Å². The monoisotopic (exact) mass is 411 g/mol. The van der Waals surface area contributed by atoms with E-state index in [9.17, 15) is 4.79 Å². The number of carbonyl (C=O) groups excluding carboxylic acids is 1. The maximum absolute atomic E-state index is 12.3. The van der Waals surface area contributed by atoms with E-state index in [1.54, 1.807) is 7.05 Å². The zero-order valence-electron chi connectivity index (χ0n) is 17.7. The highest BCUT2D eigenvalue weighted by Gasteiger charge is 2.13. The lowest BCUT2D eigenvalue weighted by molar-refractivity contribution is 0.0951. The van der Waals surface area contributed by atoms with E-state index in [2.05, 4.69) is 20.9 Å². The number of aliphatic imine (C=N–C) groups is 1. The first-order valence-electron chi connectivity index (χ1n) is 9.90. The molecule has 1 aliphatic heterocycles. The van der Waals surface area contributed by atoms with Crippen molar-refractivity contribution in [1.29, 1.82) is 0 Å². The van der Waals surface area contributed by atoms with Crippen molar-refractivity contribution in [2.45, 2.75) is 13.1 Å². The third kappa shape index (κ3) is 6.12. The van der Waals surface area contributed by atoms with E-state index in [0.29, 0.717) is 31.2 Å². The molecule has 0 unspecified atom stereocenters. The van der Waals surface area contributed by atoms with Crippen LogP contribution in [0.5, 0.6) is 11.5 Å². The van der Waals surface area contributed by atoms with Crippen LogP contribution >= 0.6 is 0 Å². The van der Waals surface area contributed by atoms with Gasteiger partial charge in [-0.1, -0.05) is 18.2 Å². The average molecular weight is 412 g/mol. The number of amides is 1. The van der Waals surface area contributed by atoms with Crippen molar-refractivity contribution < 1.29 is 14.3 Å². The Morgan fingerprint density at radius 2 is 1.73 bits per heavy atom. The van der Waals surface area contributed by atoms with E-state index >= 15 is 0 Å². The van der Waals surface area contributed by atoms with E-state index in [4.69, 9.17) is 9.47 Å². The molecule has 0 radical (unpaired) electrons. The van der Waals surface area contributed by atoms with Crippen LogP contribution in [0.3, 0.4) is 0 Å². The second-order valence-corrected chi connectivity index (χ2v) is 7.23. The first-order chi connectivity index (χ1) is 14.5. The van der Waals surface area contributed by atoms with E-state index in [-0.39, 0.29) is 12.7 Å². The van der Waals surface area contributed by atoms with Gasteiger partial charge in [0.15, 0.2) is 17.5 Å². The number of guanidine groups is 1. The lowest BCUT2D eigenvalue weighted by atomic mass is 10.1. The Bertz CT molecular complexity index is 898. The van der Waals surface area contributed by atoms with Crippen LogP contribution in [0.15, 0.2) is 47.5 Å². The summed E-state index contributed by atoms with van der Waals surface area (Å²) >= 11 is 0. The highest BCUT2D eigenvalue weighted by Crippen LogP contribution is 2.32. The van der Waals surface area contributed by atoms with Crippen molar-refractivity contribution in [3.8, 4) is 11.5 Å².